The molecule has 0 atom stereocenters. The van der Waals surface area contributed by atoms with Gasteiger partial charge in [-0.05, 0) is 24.6 Å². The summed E-state index contributed by atoms with van der Waals surface area (Å²) >= 11 is 0. The lowest BCUT2D eigenvalue weighted by molar-refractivity contribution is 0.630. The Hall–Kier alpha value is -4.00. The van der Waals surface area contributed by atoms with Gasteiger partial charge < -0.3 is 16.0 Å². The summed E-state index contributed by atoms with van der Waals surface area (Å²) in [5.74, 6) is 0.803. The molecule has 9 nitrogen and oxygen atoms in total. The van der Waals surface area contributed by atoms with Gasteiger partial charge in [-0.25, -0.2) is 19.3 Å². The molecule has 0 saturated carbocycles. The topological polar surface area (TPSA) is 145 Å². The number of hydrogen-bond acceptors (Lipinski definition) is 7. The van der Waals surface area contributed by atoms with Crippen LogP contribution in [0.3, 0.4) is 0 Å². The van der Waals surface area contributed by atoms with E-state index in [-0.39, 0.29) is 17.2 Å². The number of anilines is 2. The minimum Gasteiger partial charge on any atom is -0.382 e. The van der Waals surface area contributed by atoms with Gasteiger partial charge in [0.15, 0.2) is 0 Å². The zero-order valence-electron chi connectivity index (χ0n) is 14.9. The van der Waals surface area contributed by atoms with Crippen molar-refractivity contribution in [3.63, 3.8) is 0 Å². The molecule has 0 unspecified atom stereocenters. The first-order chi connectivity index (χ1) is 13.6. The Morgan fingerprint density at radius 1 is 1.32 bits per heavy atom. The smallest absolute Gasteiger partial charge is 0.149 e. The molecule has 0 radical (unpaired) electrons. The number of imidazole rings is 1. The summed E-state index contributed by atoms with van der Waals surface area (Å²) in [6.45, 7) is 2.35. The largest absolute Gasteiger partial charge is 0.382 e. The molecule has 0 bridgehead atoms. The molecule has 0 aliphatic heterocycles. The number of nitriles is 1. The summed E-state index contributed by atoms with van der Waals surface area (Å²) in [6.07, 6.45) is 3.48. The van der Waals surface area contributed by atoms with Gasteiger partial charge in [0.1, 0.15) is 41.2 Å². The summed E-state index contributed by atoms with van der Waals surface area (Å²) < 4.78 is 14.1. The average Bonchev–Trinajstić information content (AvgIpc) is 3.27. The van der Waals surface area contributed by atoms with Crippen LogP contribution in [0, 0.1) is 24.1 Å². The minimum absolute atomic E-state index is 0.124. The molecule has 1 aromatic carbocycles. The van der Waals surface area contributed by atoms with Crippen molar-refractivity contribution in [2.45, 2.75) is 13.3 Å². The SMILES string of the molecule is Cc1cn[nH]c1-c1cc(F)cc2[nH]c(CCNc3ncnc(N)c3C#N)nc12. The Balaban J connectivity index is 1.59. The molecule has 4 rings (SSSR count). The third-order valence-corrected chi connectivity index (χ3v) is 4.34. The van der Waals surface area contributed by atoms with E-state index in [1.807, 2.05) is 13.0 Å². The number of benzene rings is 1. The zero-order chi connectivity index (χ0) is 19.7. The van der Waals surface area contributed by atoms with Crippen LogP contribution in [-0.2, 0) is 6.42 Å². The number of fused-ring (bicyclic) bond motifs is 1. The normalized spacial score (nSPS) is 10.9. The second-order valence-electron chi connectivity index (χ2n) is 6.23. The number of hydrogen-bond donors (Lipinski definition) is 4. The molecule has 4 aromatic rings. The summed E-state index contributed by atoms with van der Waals surface area (Å²) in [4.78, 5) is 15.6. The van der Waals surface area contributed by atoms with Crippen LogP contribution in [0.5, 0.6) is 0 Å². The van der Waals surface area contributed by atoms with Crippen molar-refractivity contribution in [2.75, 3.05) is 17.6 Å². The van der Waals surface area contributed by atoms with Crippen molar-refractivity contribution in [2.24, 2.45) is 0 Å². The van der Waals surface area contributed by atoms with Crippen LogP contribution in [0.4, 0.5) is 16.0 Å². The molecule has 0 aliphatic carbocycles. The third-order valence-electron chi connectivity index (χ3n) is 4.34. The van der Waals surface area contributed by atoms with Gasteiger partial charge in [-0.3, -0.25) is 5.10 Å². The molecule has 3 aromatic heterocycles. The predicted molar refractivity (Wildman–Crippen MR) is 102 cm³/mol. The number of aromatic amines is 2. The van der Waals surface area contributed by atoms with Crippen molar-refractivity contribution < 1.29 is 4.39 Å². The maximum Gasteiger partial charge on any atom is 0.149 e. The number of aryl methyl sites for hydroxylation is 1. The average molecular weight is 377 g/mol. The molecule has 28 heavy (non-hydrogen) atoms. The number of rotatable bonds is 5. The van der Waals surface area contributed by atoms with Crippen LogP contribution in [0.15, 0.2) is 24.7 Å². The van der Waals surface area contributed by atoms with E-state index in [4.69, 9.17) is 11.0 Å². The van der Waals surface area contributed by atoms with E-state index >= 15 is 0 Å². The molecule has 5 N–H and O–H groups in total. The molecule has 0 fully saturated rings. The Bertz CT molecular complexity index is 1200. The summed E-state index contributed by atoms with van der Waals surface area (Å²) in [5, 5.41) is 19.1. The molecular weight excluding hydrogens is 361 g/mol. The van der Waals surface area contributed by atoms with Crippen molar-refractivity contribution in [1.82, 2.24) is 30.1 Å². The molecule has 0 amide bonds. The van der Waals surface area contributed by atoms with Crippen molar-refractivity contribution in [3.8, 4) is 17.3 Å². The summed E-state index contributed by atoms with van der Waals surface area (Å²) in [5.41, 5.74) is 9.43. The van der Waals surface area contributed by atoms with Crippen LogP contribution >= 0.6 is 0 Å². The van der Waals surface area contributed by atoms with E-state index in [9.17, 15) is 4.39 Å². The van der Waals surface area contributed by atoms with E-state index in [2.05, 4.69) is 35.5 Å². The Kier molecular flexibility index (Phi) is 4.33. The molecule has 0 spiro atoms. The fraction of sp³-hybridized carbons (Fsp3) is 0.167. The number of halogens is 1. The number of nitrogen functional groups attached to an aromatic ring is 1. The van der Waals surface area contributed by atoms with Gasteiger partial charge in [-0.15, -0.1) is 0 Å². The highest BCUT2D eigenvalue weighted by molar-refractivity contribution is 5.91. The highest BCUT2D eigenvalue weighted by atomic mass is 19.1. The highest BCUT2D eigenvalue weighted by Gasteiger charge is 2.15. The fourth-order valence-electron chi connectivity index (χ4n) is 3.00. The second kappa shape index (κ2) is 6.96. The zero-order valence-corrected chi connectivity index (χ0v) is 14.9. The lowest BCUT2D eigenvalue weighted by Gasteiger charge is -2.06. The van der Waals surface area contributed by atoms with Gasteiger partial charge in [-0.2, -0.15) is 10.4 Å². The van der Waals surface area contributed by atoms with Crippen molar-refractivity contribution in [3.05, 3.63) is 47.4 Å². The fourth-order valence-corrected chi connectivity index (χ4v) is 3.00. The van der Waals surface area contributed by atoms with E-state index in [0.29, 0.717) is 41.2 Å². The van der Waals surface area contributed by atoms with Gasteiger partial charge in [0, 0.05) is 18.5 Å². The summed E-state index contributed by atoms with van der Waals surface area (Å²) in [7, 11) is 0. The number of nitrogens with two attached hydrogens (primary N) is 1. The quantitative estimate of drug-likeness (QED) is 0.417. The lowest BCUT2D eigenvalue weighted by Crippen LogP contribution is -2.10. The third kappa shape index (κ3) is 3.09. The molecule has 0 aliphatic rings. The standard InChI is InChI=1S/C18H16FN9/c1-9-7-25-28-15(9)11-4-10(19)5-13-16(11)27-14(26-13)2-3-22-18-12(6-20)17(21)23-8-24-18/h4-5,7-8H,2-3H2,1H3,(H,25,28)(H,26,27)(H3,21,22,23,24). The number of nitrogens with one attached hydrogen (secondary N) is 3. The number of aromatic nitrogens is 6. The predicted octanol–water partition coefficient (Wildman–Crippen LogP) is 2.30. The van der Waals surface area contributed by atoms with E-state index in [0.717, 1.165) is 11.3 Å². The van der Waals surface area contributed by atoms with Crippen LogP contribution in [-0.4, -0.2) is 36.7 Å². The van der Waals surface area contributed by atoms with Gasteiger partial charge >= 0.3 is 0 Å². The maximum atomic E-state index is 14.1. The van der Waals surface area contributed by atoms with Crippen LogP contribution in [0.1, 0.15) is 17.0 Å². The van der Waals surface area contributed by atoms with E-state index < -0.39 is 0 Å². The Morgan fingerprint density at radius 3 is 2.93 bits per heavy atom. The first-order valence-corrected chi connectivity index (χ1v) is 8.49. The first kappa shape index (κ1) is 17.4. The lowest BCUT2D eigenvalue weighted by atomic mass is 10.1. The molecule has 140 valence electrons. The van der Waals surface area contributed by atoms with Crippen molar-refractivity contribution in [1.29, 1.82) is 5.26 Å². The summed E-state index contributed by atoms with van der Waals surface area (Å²) in [6, 6.07) is 4.83. The second-order valence-corrected chi connectivity index (χ2v) is 6.23. The maximum absolute atomic E-state index is 14.1. The molecular formula is C18H16FN9. The Morgan fingerprint density at radius 2 is 2.18 bits per heavy atom. The molecule has 3 heterocycles. The van der Waals surface area contributed by atoms with E-state index in [1.165, 1.54) is 18.5 Å². The van der Waals surface area contributed by atoms with E-state index in [1.54, 1.807) is 6.20 Å². The Labute approximate surface area is 158 Å². The van der Waals surface area contributed by atoms with Gasteiger partial charge in [-0.1, -0.05) is 0 Å². The number of H-pyrrole nitrogens is 2. The van der Waals surface area contributed by atoms with Gasteiger partial charge in [0.2, 0.25) is 0 Å². The van der Waals surface area contributed by atoms with Gasteiger partial charge in [0.05, 0.1) is 22.9 Å². The first-order valence-electron chi connectivity index (χ1n) is 8.49. The van der Waals surface area contributed by atoms with Crippen LogP contribution < -0.4 is 11.1 Å². The monoisotopic (exact) mass is 377 g/mol. The van der Waals surface area contributed by atoms with Crippen LogP contribution in [0.2, 0.25) is 0 Å². The number of nitrogens with zero attached hydrogens (tertiary/aromatic N) is 5. The molecule has 10 heteroatoms. The van der Waals surface area contributed by atoms with Crippen molar-refractivity contribution >= 4 is 22.7 Å². The molecule has 0 saturated heterocycles. The van der Waals surface area contributed by atoms with Crippen LogP contribution in [0.25, 0.3) is 22.3 Å². The van der Waals surface area contributed by atoms with Gasteiger partial charge in [0.25, 0.3) is 0 Å². The highest BCUT2D eigenvalue weighted by Crippen LogP contribution is 2.29. The minimum atomic E-state index is -0.361.